The van der Waals surface area contributed by atoms with Crippen molar-refractivity contribution in [2.45, 2.75) is 57.8 Å². The molecule has 144 valence electrons. The summed E-state index contributed by atoms with van der Waals surface area (Å²) in [5.74, 6) is 1.03. The van der Waals surface area contributed by atoms with Crippen molar-refractivity contribution in [3.8, 4) is 0 Å². The minimum absolute atomic E-state index is 0. The second kappa shape index (κ2) is 19.0. The summed E-state index contributed by atoms with van der Waals surface area (Å²) in [6.07, 6.45) is 13.4. The standard InChI is InChI=1S/C19H40N4.HI/c1-6-7-8-11-15-18-23(5)19(20-2)21-16-13-10-9-12-14-17-22(3)4;/h6H,1,7-18H2,2-5H3,(H,20,21);1H. The van der Waals surface area contributed by atoms with Crippen LogP contribution in [0, 0.1) is 0 Å². The molecule has 0 aromatic rings. The summed E-state index contributed by atoms with van der Waals surface area (Å²) in [6.45, 7) is 7.08. The van der Waals surface area contributed by atoms with Gasteiger partial charge in [-0.3, -0.25) is 4.99 Å². The molecule has 0 amide bonds. The fraction of sp³-hybridized carbons (Fsp3) is 0.842. The number of guanidine groups is 1. The first kappa shape index (κ1) is 25.9. The van der Waals surface area contributed by atoms with Crippen LogP contribution in [0.25, 0.3) is 0 Å². The monoisotopic (exact) mass is 452 g/mol. The van der Waals surface area contributed by atoms with Crippen LogP contribution in [0.5, 0.6) is 0 Å². The van der Waals surface area contributed by atoms with E-state index in [-0.39, 0.29) is 24.0 Å². The zero-order valence-electron chi connectivity index (χ0n) is 16.5. The maximum Gasteiger partial charge on any atom is 0.193 e. The van der Waals surface area contributed by atoms with Gasteiger partial charge in [-0.05, 0) is 52.7 Å². The molecule has 4 nitrogen and oxygen atoms in total. The molecule has 0 radical (unpaired) electrons. The average Bonchev–Trinajstić information content (AvgIpc) is 2.52. The molecule has 0 aliphatic heterocycles. The molecule has 0 heterocycles. The van der Waals surface area contributed by atoms with Crippen LogP contribution in [-0.4, -0.2) is 63.6 Å². The van der Waals surface area contributed by atoms with E-state index in [1.54, 1.807) is 0 Å². The van der Waals surface area contributed by atoms with Crippen LogP contribution >= 0.6 is 24.0 Å². The molecular formula is C19H41IN4. The minimum atomic E-state index is 0. The number of rotatable bonds is 14. The molecule has 0 fully saturated rings. The Kier molecular flexibility index (Phi) is 20.6. The molecule has 0 spiro atoms. The Balaban J connectivity index is 0. The maximum atomic E-state index is 4.38. The van der Waals surface area contributed by atoms with E-state index in [0.717, 1.165) is 25.5 Å². The summed E-state index contributed by atoms with van der Waals surface area (Å²) < 4.78 is 0. The first-order valence-corrected chi connectivity index (χ1v) is 9.29. The van der Waals surface area contributed by atoms with Crippen molar-refractivity contribution >= 4 is 29.9 Å². The predicted molar refractivity (Wildman–Crippen MR) is 120 cm³/mol. The third-order valence-corrected chi connectivity index (χ3v) is 4.04. The van der Waals surface area contributed by atoms with Crippen molar-refractivity contribution in [3.05, 3.63) is 12.7 Å². The fourth-order valence-corrected chi connectivity index (χ4v) is 2.59. The molecule has 0 aliphatic rings. The van der Waals surface area contributed by atoms with Gasteiger partial charge in [-0.15, -0.1) is 30.6 Å². The lowest BCUT2D eigenvalue weighted by Gasteiger charge is -2.22. The number of unbranched alkanes of at least 4 members (excludes halogenated alkanes) is 7. The van der Waals surface area contributed by atoms with Crippen LogP contribution in [-0.2, 0) is 0 Å². The number of nitrogens with one attached hydrogen (secondary N) is 1. The second-order valence-electron chi connectivity index (χ2n) is 6.60. The van der Waals surface area contributed by atoms with Crippen LogP contribution < -0.4 is 5.32 Å². The van der Waals surface area contributed by atoms with Crippen LogP contribution in [0.3, 0.4) is 0 Å². The first-order chi connectivity index (χ1) is 11.1. The Hall–Kier alpha value is -0.300. The zero-order chi connectivity index (χ0) is 17.3. The Morgan fingerprint density at radius 3 is 2.12 bits per heavy atom. The SMILES string of the molecule is C=CCCCCCN(C)C(=NC)NCCCCCCCN(C)C.I. The highest BCUT2D eigenvalue weighted by atomic mass is 127. The van der Waals surface area contributed by atoms with Crippen molar-refractivity contribution in [1.82, 2.24) is 15.1 Å². The third kappa shape index (κ3) is 16.6. The highest BCUT2D eigenvalue weighted by Gasteiger charge is 2.04. The lowest BCUT2D eigenvalue weighted by atomic mass is 10.1. The van der Waals surface area contributed by atoms with Gasteiger partial charge in [0.25, 0.3) is 0 Å². The molecule has 0 saturated carbocycles. The van der Waals surface area contributed by atoms with Gasteiger partial charge in [0.15, 0.2) is 5.96 Å². The Bertz CT molecular complexity index is 306. The predicted octanol–water partition coefficient (Wildman–Crippen LogP) is 4.37. The molecule has 0 atom stereocenters. The van der Waals surface area contributed by atoms with Gasteiger partial charge in [0, 0.05) is 27.2 Å². The molecule has 0 saturated heterocycles. The van der Waals surface area contributed by atoms with E-state index in [4.69, 9.17) is 0 Å². The van der Waals surface area contributed by atoms with Crippen LogP contribution in [0.2, 0.25) is 0 Å². The van der Waals surface area contributed by atoms with E-state index < -0.39 is 0 Å². The number of hydrogen-bond donors (Lipinski definition) is 1. The Morgan fingerprint density at radius 1 is 0.917 bits per heavy atom. The maximum absolute atomic E-state index is 4.38. The average molecular weight is 452 g/mol. The number of hydrogen-bond acceptors (Lipinski definition) is 2. The summed E-state index contributed by atoms with van der Waals surface area (Å²) in [6, 6.07) is 0. The molecule has 0 aromatic heterocycles. The molecule has 0 unspecified atom stereocenters. The van der Waals surface area contributed by atoms with Gasteiger partial charge < -0.3 is 15.1 Å². The molecule has 5 heteroatoms. The summed E-state index contributed by atoms with van der Waals surface area (Å²) in [4.78, 5) is 8.88. The lowest BCUT2D eigenvalue weighted by Crippen LogP contribution is -2.39. The molecule has 24 heavy (non-hydrogen) atoms. The zero-order valence-corrected chi connectivity index (χ0v) is 18.8. The topological polar surface area (TPSA) is 30.9 Å². The largest absolute Gasteiger partial charge is 0.356 e. The van der Waals surface area contributed by atoms with E-state index >= 15 is 0 Å². The van der Waals surface area contributed by atoms with E-state index in [1.165, 1.54) is 57.9 Å². The van der Waals surface area contributed by atoms with Gasteiger partial charge in [-0.1, -0.05) is 31.8 Å². The summed E-state index contributed by atoms with van der Waals surface area (Å²) >= 11 is 0. The van der Waals surface area contributed by atoms with E-state index in [1.807, 2.05) is 13.1 Å². The molecule has 0 aliphatic carbocycles. The third-order valence-electron chi connectivity index (χ3n) is 4.04. The second-order valence-corrected chi connectivity index (χ2v) is 6.60. The molecule has 0 aromatic carbocycles. The van der Waals surface area contributed by atoms with Gasteiger partial charge in [0.1, 0.15) is 0 Å². The van der Waals surface area contributed by atoms with Gasteiger partial charge in [-0.25, -0.2) is 0 Å². The van der Waals surface area contributed by atoms with Gasteiger partial charge in [0.05, 0.1) is 0 Å². The smallest absolute Gasteiger partial charge is 0.193 e. The van der Waals surface area contributed by atoms with Crippen molar-refractivity contribution in [1.29, 1.82) is 0 Å². The normalized spacial score (nSPS) is 11.3. The summed E-state index contributed by atoms with van der Waals surface area (Å²) in [5.41, 5.74) is 0. The van der Waals surface area contributed by atoms with Crippen molar-refractivity contribution in [2.75, 3.05) is 47.8 Å². The van der Waals surface area contributed by atoms with E-state index in [2.05, 4.69) is 47.8 Å². The highest BCUT2D eigenvalue weighted by molar-refractivity contribution is 14.0. The number of halogens is 1. The van der Waals surface area contributed by atoms with Gasteiger partial charge in [0.2, 0.25) is 0 Å². The fourth-order valence-electron chi connectivity index (χ4n) is 2.59. The number of aliphatic imine (C=N–C) groups is 1. The number of allylic oxidation sites excluding steroid dienone is 1. The van der Waals surface area contributed by atoms with Crippen LogP contribution in [0.4, 0.5) is 0 Å². The van der Waals surface area contributed by atoms with Crippen LogP contribution in [0.1, 0.15) is 57.8 Å². The Morgan fingerprint density at radius 2 is 1.50 bits per heavy atom. The Labute approximate surface area is 168 Å². The molecule has 1 N–H and O–H groups in total. The summed E-state index contributed by atoms with van der Waals surface area (Å²) in [7, 11) is 8.29. The van der Waals surface area contributed by atoms with E-state index in [0.29, 0.717) is 0 Å². The first-order valence-electron chi connectivity index (χ1n) is 9.29. The lowest BCUT2D eigenvalue weighted by molar-refractivity contribution is 0.389. The van der Waals surface area contributed by atoms with Crippen molar-refractivity contribution in [2.24, 2.45) is 4.99 Å². The van der Waals surface area contributed by atoms with Gasteiger partial charge in [-0.2, -0.15) is 0 Å². The summed E-state index contributed by atoms with van der Waals surface area (Å²) in [5, 5.41) is 3.48. The molecule has 0 bridgehead atoms. The van der Waals surface area contributed by atoms with Crippen LogP contribution in [0.15, 0.2) is 17.6 Å². The molecular weight excluding hydrogens is 411 g/mol. The van der Waals surface area contributed by atoms with Crippen molar-refractivity contribution in [3.63, 3.8) is 0 Å². The van der Waals surface area contributed by atoms with Crippen molar-refractivity contribution < 1.29 is 0 Å². The quantitative estimate of drug-likeness (QED) is 0.140. The van der Waals surface area contributed by atoms with E-state index in [9.17, 15) is 0 Å². The highest BCUT2D eigenvalue weighted by Crippen LogP contribution is 2.04. The molecule has 0 rings (SSSR count). The number of nitrogens with zero attached hydrogens (tertiary/aromatic N) is 3. The minimum Gasteiger partial charge on any atom is -0.356 e. The van der Waals surface area contributed by atoms with Gasteiger partial charge >= 0.3 is 0 Å².